The van der Waals surface area contributed by atoms with E-state index in [2.05, 4.69) is 29.3 Å². The summed E-state index contributed by atoms with van der Waals surface area (Å²) < 4.78 is 0. The molecule has 0 saturated heterocycles. The molecule has 1 heteroatoms. The fraction of sp³-hybridized carbons (Fsp3) is 0.222. The van der Waals surface area contributed by atoms with E-state index in [-0.39, 0.29) is 0 Å². The number of allylic oxidation sites excluding steroid dienone is 4. The molecule has 1 aliphatic carbocycles. The van der Waals surface area contributed by atoms with Crippen LogP contribution in [-0.2, 0) is 0 Å². The van der Waals surface area contributed by atoms with Gasteiger partial charge in [-0.05, 0) is 23.6 Å². The molecule has 10 heavy (non-hydrogen) atoms. The van der Waals surface area contributed by atoms with Crippen molar-refractivity contribution >= 4 is 6.21 Å². The second-order valence-electron chi connectivity index (χ2n) is 2.51. The molecule has 0 spiro atoms. The summed E-state index contributed by atoms with van der Waals surface area (Å²) in [5, 5.41) is 0. The molecular formula is C9H9N. The Hall–Kier alpha value is -1.11. The van der Waals surface area contributed by atoms with E-state index in [0.717, 1.165) is 13.0 Å². The van der Waals surface area contributed by atoms with Gasteiger partial charge in [0.15, 0.2) is 0 Å². The molecule has 2 aliphatic rings. The SMILES string of the molecule is C1=CCC2=CC=NCC2=C1. The standard InChI is InChI=1S/C9H9N/c1-2-4-9-7-10-6-5-8(9)3-1/h1-2,4-6H,3,7H2. The van der Waals surface area contributed by atoms with E-state index in [0.29, 0.717) is 0 Å². The van der Waals surface area contributed by atoms with Crippen molar-refractivity contribution in [3.8, 4) is 0 Å². The minimum Gasteiger partial charge on any atom is -0.288 e. The molecule has 1 nitrogen and oxygen atoms in total. The molecule has 0 radical (unpaired) electrons. The Morgan fingerprint density at radius 3 is 3.10 bits per heavy atom. The lowest BCUT2D eigenvalue weighted by Gasteiger charge is -2.13. The van der Waals surface area contributed by atoms with Crippen molar-refractivity contribution in [3.05, 3.63) is 35.5 Å². The summed E-state index contributed by atoms with van der Waals surface area (Å²) in [4.78, 5) is 4.16. The van der Waals surface area contributed by atoms with Gasteiger partial charge in [-0.2, -0.15) is 0 Å². The number of dihydropyridines is 1. The largest absolute Gasteiger partial charge is 0.288 e. The third-order valence-corrected chi connectivity index (χ3v) is 1.83. The molecule has 0 aromatic rings. The first-order valence-electron chi connectivity index (χ1n) is 3.52. The lowest BCUT2D eigenvalue weighted by Crippen LogP contribution is -2.01. The van der Waals surface area contributed by atoms with Crippen LogP contribution in [0.5, 0.6) is 0 Å². The van der Waals surface area contributed by atoms with Crippen molar-refractivity contribution in [2.75, 3.05) is 6.54 Å². The zero-order valence-corrected chi connectivity index (χ0v) is 5.75. The highest BCUT2D eigenvalue weighted by atomic mass is 14.7. The molecule has 2 rings (SSSR count). The van der Waals surface area contributed by atoms with Crippen LogP contribution >= 0.6 is 0 Å². The zero-order valence-electron chi connectivity index (χ0n) is 5.75. The van der Waals surface area contributed by atoms with Crippen LogP contribution in [0.15, 0.2) is 40.4 Å². The second kappa shape index (κ2) is 2.25. The Bertz CT molecular complexity index is 226. The average Bonchev–Trinajstić information content (AvgIpc) is 2.05. The Labute approximate surface area is 60.5 Å². The van der Waals surface area contributed by atoms with Crippen LogP contribution in [0.3, 0.4) is 0 Å². The Morgan fingerprint density at radius 1 is 1.20 bits per heavy atom. The highest BCUT2D eigenvalue weighted by Crippen LogP contribution is 2.20. The maximum absolute atomic E-state index is 4.16. The van der Waals surface area contributed by atoms with Crippen molar-refractivity contribution in [2.45, 2.75) is 6.42 Å². The van der Waals surface area contributed by atoms with E-state index in [1.165, 1.54) is 11.1 Å². The smallest absolute Gasteiger partial charge is 0.0642 e. The van der Waals surface area contributed by atoms with Gasteiger partial charge in [0.2, 0.25) is 0 Å². The predicted octanol–water partition coefficient (Wildman–Crippen LogP) is 1.88. The van der Waals surface area contributed by atoms with Crippen LogP contribution in [-0.4, -0.2) is 12.8 Å². The number of fused-ring (bicyclic) bond motifs is 1. The van der Waals surface area contributed by atoms with Crippen LogP contribution in [0.1, 0.15) is 6.42 Å². The fourth-order valence-electron chi connectivity index (χ4n) is 1.24. The monoisotopic (exact) mass is 131 g/mol. The summed E-state index contributed by atoms with van der Waals surface area (Å²) in [6, 6.07) is 0. The summed E-state index contributed by atoms with van der Waals surface area (Å²) in [5.41, 5.74) is 2.81. The van der Waals surface area contributed by atoms with Gasteiger partial charge in [-0.3, -0.25) is 4.99 Å². The number of hydrogen-bond acceptors (Lipinski definition) is 1. The highest BCUT2D eigenvalue weighted by Gasteiger charge is 2.06. The molecular weight excluding hydrogens is 122 g/mol. The van der Waals surface area contributed by atoms with Crippen molar-refractivity contribution in [3.63, 3.8) is 0 Å². The van der Waals surface area contributed by atoms with Gasteiger partial charge in [0.1, 0.15) is 0 Å². The third-order valence-electron chi connectivity index (χ3n) is 1.83. The second-order valence-corrected chi connectivity index (χ2v) is 2.51. The van der Waals surface area contributed by atoms with Crippen molar-refractivity contribution in [1.82, 2.24) is 0 Å². The molecule has 0 fully saturated rings. The van der Waals surface area contributed by atoms with Crippen LogP contribution in [0, 0.1) is 0 Å². The average molecular weight is 131 g/mol. The molecule has 1 heterocycles. The van der Waals surface area contributed by atoms with Gasteiger partial charge in [0, 0.05) is 6.21 Å². The maximum atomic E-state index is 4.16. The number of nitrogens with zero attached hydrogens (tertiary/aromatic N) is 1. The van der Waals surface area contributed by atoms with Gasteiger partial charge in [0.25, 0.3) is 0 Å². The van der Waals surface area contributed by atoms with E-state index >= 15 is 0 Å². The zero-order chi connectivity index (χ0) is 6.81. The molecule has 0 aromatic heterocycles. The first-order chi connectivity index (χ1) is 4.97. The van der Waals surface area contributed by atoms with Gasteiger partial charge in [-0.25, -0.2) is 0 Å². The van der Waals surface area contributed by atoms with Crippen molar-refractivity contribution in [2.24, 2.45) is 4.99 Å². The first-order valence-corrected chi connectivity index (χ1v) is 3.52. The van der Waals surface area contributed by atoms with E-state index < -0.39 is 0 Å². The normalized spacial score (nSPS) is 21.6. The fourth-order valence-corrected chi connectivity index (χ4v) is 1.24. The van der Waals surface area contributed by atoms with Crippen LogP contribution < -0.4 is 0 Å². The molecule has 0 unspecified atom stereocenters. The summed E-state index contributed by atoms with van der Waals surface area (Å²) in [6.07, 6.45) is 11.5. The summed E-state index contributed by atoms with van der Waals surface area (Å²) in [6.45, 7) is 0.871. The molecule has 50 valence electrons. The number of hydrogen-bond donors (Lipinski definition) is 0. The predicted molar refractivity (Wildman–Crippen MR) is 43.3 cm³/mol. The number of rotatable bonds is 0. The quantitative estimate of drug-likeness (QED) is 0.476. The van der Waals surface area contributed by atoms with Crippen LogP contribution in [0.25, 0.3) is 0 Å². The van der Waals surface area contributed by atoms with Gasteiger partial charge < -0.3 is 0 Å². The van der Waals surface area contributed by atoms with E-state index in [1.54, 1.807) is 0 Å². The topological polar surface area (TPSA) is 12.4 Å². The summed E-state index contributed by atoms with van der Waals surface area (Å²) in [5.74, 6) is 0. The molecule has 0 atom stereocenters. The third kappa shape index (κ3) is 0.838. The first kappa shape index (κ1) is 5.66. The van der Waals surface area contributed by atoms with Gasteiger partial charge >= 0.3 is 0 Å². The molecule has 0 amide bonds. The van der Waals surface area contributed by atoms with Crippen LogP contribution in [0.2, 0.25) is 0 Å². The molecule has 0 saturated carbocycles. The summed E-state index contributed by atoms with van der Waals surface area (Å²) in [7, 11) is 0. The van der Waals surface area contributed by atoms with E-state index in [4.69, 9.17) is 0 Å². The van der Waals surface area contributed by atoms with Crippen molar-refractivity contribution in [1.29, 1.82) is 0 Å². The minimum atomic E-state index is 0.871. The van der Waals surface area contributed by atoms with Gasteiger partial charge in [-0.1, -0.05) is 18.2 Å². The lowest BCUT2D eigenvalue weighted by molar-refractivity contribution is 1.07. The van der Waals surface area contributed by atoms with Crippen molar-refractivity contribution < 1.29 is 0 Å². The lowest BCUT2D eigenvalue weighted by atomic mass is 9.97. The van der Waals surface area contributed by atoms with Gasteiger partial charge in [-0.15, -0.1) is 0 Å². The van der Waals surface area contributed by atoms with E-state index in [1.807, 2.05) is 6.21 Å². The Balaban J connectivity index is 2.38. The summed E-state index contributed by atoms with van der Waals surface area (Å²) >= 11 is 0. The highest BCUT2D eigenvalue weighted by molar-refractivity contribution is 5.76. The molecule has 0 aromatic carbocycles. The van der Waals surface area contributed by atoms with E-state index in [9.17, 15) is 0 Å². The number of aliphatic imine (C=N–C) groups is 1. The molecule has 0 bridgehead atoms. The minimum absolute atomic E-state index is 0.871. The Kier molecular flexibility index (Phi) is 1.28. The molecule has 1 aliphatic heterocycles. The van der Waals surface area contributed by atoms with Gasteiger partial charge in [0.05, 0.1) is 6.54 Å². The Morgan fingerprint density at radius 2 is 2.20 bits per heavy atom. The maximum Gasteiger partial charge on any atom is 0.0642 e. The molecule has 0 N–H and O–H groups in total. The van der Waals surface area contributed by atoms with Crippen LogP contribution in [0.4, 0.5) is 0 Å².